The van der Waals surface area contributed by atoms with Crippen molar-refractivity contribution in [3.05, 3.63) is 70.0 Å². The zero-order valence-corrected chi connectivity index (χ0v) is 14.7. The Hall–Kier alpha value is -2.44. The van der Waals surface area contributed by atoms with Crippen molar-refractivity contribution >= 4 is 23.5 Å². The van der Waals surface area contributed by atoms with Gasteiger partial charge in [0.1, 0.15) is 5.82 Å². The average molecular weight is 377 g/mol. The maximum atomic E-state index is 13.9. The third-order valence-electron chi connectivity index (χ3n) is 4.40. The molecule has 1 amide bonds. The Morgan fingerprint density at radius 1 is 1.08 bits per heavy atom. The van der Waals surface area contributed by atoms with Crippen molar-refractivity contribution in [2.24, 2.45) is 0 Å². The highest BCUT2D eigenvalue weighted by atomic mass is 35.5. The van der Waals surface area contributed by atoms with Gasteiger partial charge in [0.25, 0.3) is 5.91 Å². The minimum absolute atomic E-state index is 0.0250. The molecule has 2 aromatic carbocycles. The molecule has 1 aliphatic rings. The summed E-state index contributed by atoms with van der Waals surface area (Å²) >= 11 is 5.73. The first kappa shape index (κ1) is 18.4. The van der Waals surface area contributed by atoms with Crippen molar-refractivity contribution in [3.63, 3.8) is 0 Å². The molecule has 1 saturated heterocycles. The topological polar surface area (TPSA) is 60.9 Å². The number of aromatic carboxylic acids is 1. The van der Waals surface area contributed by atoms with Crippen LogP contribution in [0.1, 0.15) is 26.3 Å². The normalized spacial score (nSPS) is 15.1. The van der Waals surface area contributed by atoms with Gasteiger partial charge < -0.3 is 10.0 Å². The first-order valence-electron chi connectivity index (χ1n) is 8.23. The van der Waals surface area contributed by atoms with Gasteiger partial charge in [-0.05, 0) is 35.9 Å². The zero-order chi connectivity index (χ0) is 18.7. The molecule has 2 aromatic rings. The molecule has 0 atom stereocenters. The van der Waals surface area contributed by atoms with Gasteiger partial charge in [-0.2, -0.15) is 0 Å². The SMILES string of the molecule is O=C(O)c1cccc(CN2CCN(C(=O)c3ccc(Cl)cc3F)CC2)c1. The molecule has 3 rings (SSSR count). The molecule has 1 aliphatic heterocycles. The molecular formula is C19H18ClFN2O3. The second-order valence-electron chi connectivity index (χ2n) is 6.20. The third kappa shape index (κ3) is 4.20. The summed E-state index contributed by atoms with van der Waals surface area (Å²) in [6.45, 7) is 2.86. The highest BCUT2D eigenvalue weighted by Crippen LogP contribution is 2.18. The molecule has 0 aliphatic carbocycles. The van der Waals surface area contributed by atoms with E-state index >= 15 is 0 Å². The van der Waals surface area contributed by atoms with Crippen LogP contribution in [0, 0.1) is 5.82 Å². The van der Waals surface area contributed by atoms with Gasteiger partial charge in [-0.25, -0.2) is 9.18 Å². The van der Waals surface area contributed by atoms with Crippen LogP contribution < -0.4 is 0 Å². The van der Waals surface area contributed by atoms with E-state index in [2.05, 4.69) is 4.90 Å². The van der Waals surface area contributed by atoms with Crippen LogP contribution >= 0.6 is 11.6 Å². The molecule has 5 nitrogen and oxygen atoms in total. The Balaban J connectivity index is 1.59. The molecule has 1 fully saturated rings. The molecule has 0 aromatic heterocycles. The van der Waals surface area contributed by atoms with Gasteiger partial charge in [-0.3, -0.25) is 9.69 Å². The summed E-state index contributed by atoms with van der Waals surface area (Å²) in [5, 5.41) is 9.32. The minimum atomic E-state index is -0.952. The number of carbonyl (C=O) groups is 2. The lowest BCUT2D eigenvalue weighted by atomic mass is 10.1. The number of rotatable bonds is 4. The lowest BCUT2D eigenvalue weighted by Crippen LogP contribution is -2.48. The summed E-state index contributed by atoms with van der Waals surface area (Å²) in [4.78, 5) is 27.3. The lowest BCUT2D eigenvalue weighted by Gasteiger charge is -2.34. The smallest absolute Gasteiger partial charge is 0.335 e. The van der Waals surface area contributed by atoms with Crippen molar-refractivity contribution in [2.75, 3.05) is 26.2 Å². The van der Waals surface area contributed by atoms with Crippen molar-refractivity contribution in [1.82, 2.24) is 9.80 Å². The Kier molecular flexibility index (Phi) is 5.54. The molecule has 0 saturated carbocycles. The Labute approximate surface area is 155 Å². The predicted molar refractivity (Wildman–Crippen MR) is 96.0 cm³/mol. The van der Waals surface area contributed by atoms with Gasteiger partial charge in [-0.15, -0.1) is 0 Å². The van der Waals surface area contributed by atoms with Crippen LogP contribution in [0.15, 0.2) is 42.5 Å². The van der Waals surface area contributed by atoms with E-state index in [1.165, 1.54) is 12.1 Å². The molecule has 136 valence electrons. The Bertz CT molecular complexity index is 835. The number of carbonyl (C=O) groups excluding carboxylic acids is 1. The van der Waals surface area contributed by atoms with Gasteiger partial charge in [0.05, 0.1) is 11.1 Å². The average Bonchev–Trinajstić information content (AvgIpc) is 2.62. The number of amides is 1. The number of carboxylic acid groups (broad SMARTS) is 1. The van der Waals surface area contributed by atoms with E-state index in [1.54, 1.807) is 23.1 Å². The fourth-order valence-electron chi connectivity index (χ4n) is 3.00. The predicted octanol–water partition coefficient (Wildman–Crippen LogP) is 3.14. The molecule has 0 bridgehead atoms. The van der Waals surface area contributed by atoms with E-state index < -0.39 is 11.8 Å². The van der Waals surface area contributed by atoms with Gasteiger partial charge in [-0.1, -0.05) is 23.7 Å². The monoisotopic (exact) mass is 376 g/mol. The number of nitrogens with zero attached hydrogens (tertiary/aromatic N) is 2. The standard InChI is InChI=1S/C19H18ClFN2O3/c20-15-4-5-16(17(21)11-15)18(24)23-8-6-22(7-9-23)12-13-2-1-3-14(10-13)19(25)26/h1-5,10-11H,6-9,12H2,(H,25,26). The van der Waals surface area contributed by atoms with Crippen LogP contribution in [-0.4, -0.2) is 53.0 Å². The maximum Gasteiger partial charge on any atom is 0.335 e. The summed E-state index contributed by atoms with van der Waals surface area (Å²) in [5.74, 6) is -1.91. The largest absolute Gasteiger partial charge is 0.478 e. The molecule has 0 radical (unpaired) electrons. The van der Waals surface area contributed by atoms with E-state index in [1.807, 2.05) is 6.07 Å². The van der Waals surface area contributed by atoms with E-state index in [0.29, 0.717) is 32.7 Å². The van der Waals surface area contributed by atoms with Gasteiger partial charge >= 0.3 is 5.97 Å². The van der Waals surface area contributed by atoms with E-state index in [0.717, 1.165) is 11.6 Å². The van der Waals surface area contributed by atoms with Crippen molar-refractivity contribution in [2.45, 2.75) is 6.54 Å². The lowest BCUT2D eigenvalue weighted by molar-refractivity contribution is 0.0621. The van der Waals surface area contributed by atoms with Crippen molar-refractivity contribution in [3.8, 4) is 0 Å². The number of hydrogen-bond donors (Lipinski definition) is 1. The Morgan fingerprint density at radius 2 is 1.81 bits per heavy atom. The van der Waals surface area contributed by atoms with Gasteiger partial charge in [0.2, 0.25) is 0 Å². The van der Waals surface area contributed by atoms with Gasteiger partial charge in [0.15, 0.2) is 0 Å². The first-order chi connectivity index (χ1) is 12.4. The van der Waals surface area contributed by atoms with Crippen LogP contribution in [0.25, 0.3) is 0 Å². The van der Waals surface area contributed by atoms with Crippen LogP contribution in [0.2, 0.25) is 5.02 Å². The number of piperazine rings is 1. The molecule has 0 spiro atoms. The summed E-state index contributed by atoms with van der Waals surface area (Å²) in [5.41, 5.74) is 1.19. The van der Waals surface area contributed by atoms with Crippen molar-refractivity contribution < 1.29 is 19.1 Å². The summed E-state index contributed by atoms with van der Waals surface area (Å²) in [6, 6.07) is 10.9. The quantitative estimate of drug-likeness (QED) is 0.890. The van der Waals surface area contributed by atoms with Crippen LogP contribution in [0.3, 0.4) is 0 Å². The fraction of sp³-hybridized carbons (Fsp3) is 0.263. The summed E-state index contributed by atoms with van der Waals surface area (Å²) in [6.07, 6.45) is 0. The van der Waals surface area contributed by atoms with Crippen LogP contribution in [0.4, 0.5) is 4.39 Å². The molecule has 1 heterocycles. The highest BCUT2D eigenvalue weighted by Gasteiger charge is 2.24. The molecule has 7 heteroatoms. The molecular weight excluding hydrogens is 359 g/mol. The van der Waals surface area contributed by atoms with E-state index in [9.17, 15) is 14.0 Å². The fourth-order valence-corrected chi connectivity index (χ4v) is 3.16. The maximum absolute atomic E-state index is 13.9. The number of hydrogen-bond acceptors (Lipinski definition) is 3. The van der Waals surface area contributed by atoms with Crippen LogP contribution in [0.5, 0.6) is 0 Å². The van der Waals surface area contributed by atoms with Crippen molar-refractivity contribution in [1.29, 1.82) is 0 Å². The van der Waals surface area contributed by atoms with Gasteiger partial charge in [0, 0.05) is 37.7 Å². The highest BCUT2D eigenvalue weighted by molar-refractivity contribution is 6.30. The Morgan fingerprint density at radius 3 is 2.46 bits per heavy atom. The first-order valence-corrected chi connectivity index (χ1v) is 8.61. The molecule has 1 N–H and O–H groups in total. The van der Waals surface area contributed by atoms with E-state index in [4.69, 9.17) is 16.7 Å². The molecule has 0 unspecified atom stereocenters. The number of carboxylic acids is 1. The summed E-state index contributed by atoms with van der Waals surface area (Å²) < 4.78 is 13.9. The number of halogens is 2. The number of benzene rings is 2. The summed E-state index contributed by atoms with van der Waals surface area (Å²) in [7, 11) is 0. The second-order valence-corrected chi connectivity index (χ2v) is 6.63. The second kappa shape index (κ2) is 7.85. The zero-order valence-electron chi connectivity index (χ0n) is 14.0. The minimum Gasteiger partial charge on any atom is -0.478 e. The third-order valence-corrected chi connectivity index (χ3v) is 4.64. The van der Waals surface area contributed by atoms with E-state index in [-0.39, 0.29) is 22.1 Å². The molecule has 26 heavy (non-hydrogen) atoms. The van der Waals surface area contributed by atoms with Crippen LogP contribution in [-0.2, 0) is 6.54 Å².